The molecule has 56 heavy (non-hydrogen) atoms. The highest BCUT2D eigenvalue weighted by molar-refractivity contribution is 5.70. The summed E-state index contributed by atoms with van der Waals surface area (Å²) in [7, 11) is 0. The normalized spacial score (nSPS) is 12.2. The highest BCUT2D eigenvalue weighted by Crippen LogP contribution is 2.13. The first-order valence-electron chi connectivity index (χ1n) is 23.0. The summed E-state index contributed by atoms with van der Waals surface area (Å²) in [5.41, 5.74) is 0. The van der Waals surface area contributed by atoms with E-state index in [1.165, 1.54) is 96.3 Å². The molecule has 0 heterocycles. The van der Waals surface area contributed by atoms with Crippen LogP contribution in [-0.2, 0) is 23.8 Å². The molecule has 0 fully saturated rings. The second-order valence-electron chi connectivity index (χ2n) is 15.3. The monoisotopic (exact) mass is 795 g/mol. The Balaban J connectivity index is 4.41. The SMILES string of the molecule is CCCCCCCC/C=C\CCCCCCCC(=O)OCC(COC(=O)NCCN(CCO)CCO)OC(=O)CCCCCCC/C=C\CCCCCCCC. The number of nitrogens with zero attached hydrogens (tertiary/aromatic N) is 1. The number of ether oxygens (including phenoxy) is 3. The Kier molecular flexibility index (Phi) is 41.8. The van der Waals surface area contributed by atoms with Crippen LogP contribution in [0.3, 0.4) is 0 Å². The maximum absolute atomic E-state index is 12.7. The van der Waals surface area contributed by atoms with Gasteiger partial charge < -0.3 is 29.7 Å². The molecule has 0 spiro atoms. The molecule has 0 aromatic rings. The zero-order valence-corrected chi connectivity index (χ0v) is 36.1. The van der Waals surface area contributed by atoms with Gasteiger partial charge in [0, 0.05) is 39.0 Å². The van der Waals surface area contributed by atoms with E-state index in [9.17, 15) is 24.6 Å². The number of hydrogen-bond donors (Lipinski definition) is 3. The smallest absolute Gasteiger partial charge is 0.407 e. The molecule has 0 bridgehead atoms. The highest BCUT2D eigenvalue weighted by Gasteiger charge is 2.19. The van der Waals surface area contributed by atoms with E-state index >= 15 is 0 Å². The Bertz CT molecular complexity index is 938. The lowest BCUT2D eigenvalue weighted by Gasteiger charge is -2.21. The van der Waals surface area contributed by atoms with E-state index in [1.54, 1.807) is 0 Å². The van der Waals surface area contributed by atoms with Crippen LogP contribution in [0.1, 0.15) is 194 Å². The van der Waals surface area contributed by atoms with Crippen LogP contribution >= 0.6 is 0 Å². The maximum atomic E-state index is 12.7. The van der Waals surface area contributed by atoms with Crippen LogP contribution < -0.4 is 5.32 Å². The Morgan fingerprint density at radius 1 is 0.518 bits per heavy atom. The first kappa shape index (κ1) is 53.6. The minimum Gasteiger partial charge on any atom is -0.462 e. The van der Waals surface area contributed by atoms with E-state index in [4.69, 9.17) is 14.2 Å². The summed E-state index contributed by atoms with van der Waals surface area (Å²) >= 11 is 0. The Morgan fingerprint density at radius 3 is 1.36 bits per heavy atom. The Morgan fingerprint density at radius 2 is 0.911 bits per heavy atom. The Labute approximate surface area is 343 Å². The predicted octanol–water partition coefficient (Wildman–Crippen LogP) is 10.5. The average molecular weight is 795 g/mol. The second kappa shape index (κ2) is 43.7. The van der Waals surface area contributed by atoms with Crippen molar-refractivity contribution in [1.82, 2.24) is 10.2 Å². The van der Waals surface area contributed by atoms with Gasteiger partial charge in [-0.1, -0.05) is 141 Å². The molecule has 0 aromatic heterocycles. The second-order valence-corrected chi connectivity index (χ2v) is 15.3. The quantitative estimate of drug-likeness (QED) is 0.0239. The fourth-order valence-corrected chi connectivity index (χ4v) is 6.45. The average Bonchev–Trinajstić information content (AvgIpc) is 3.19. The van der Waals surface area contributed by atoms with E-state index in [-0.39, 0.29) is 45.4 Å². The lowest BCUT2D eigenvalue weighted by atomic mass is 10.1. The molecular formula is C46H86N2O8. The van der Waals surface area contributed by atoms with Gasteiger partial charge in [0.15, 0.2) is 6.10 Å². The summed E-state index contributed by atoms with van der Waals surface area (Å²) in [5, 5.41) is 21.0. The number of hydrogen-bond acceptors (Lipinski definition) is 9. The van der Waals surface area contributed by atoms with Crippen molar-refractivity contribution in [2.75, 3.05) is 52.6 Å². The van der Waals surface area contributed by atoms with Crippen molar-refractivity contribution in [1.29, 1.82) is 0 Å². The molecule has 1 atom stereocenters. The number of nitrogens with one attached hydrogen (secondary N) is 1. The number of unbranched alkanes of at least 4 members (excludes halogenated alkanes) is 22. The molecule has 1 amide bonds. The zero-order valence-electron chi connectivity index (χ0n) is 36.1. The molecule has 0 radical (unpaired) electrons. The highest BCUT2D eigenvalue weighted by atomic mass is 16.6. The van der Waals surface area contributed by atoms with E-state index in [2.05, 4.69) is 43.5 Å². The van der Waals surface area contributed by atoms with Gasteiger partial charge in [-0.15, -0.1) is 0 Å². The molecule has 0 aliphatic rings. The third-order valence-electron chi connectivity index (χ3n) is 9.94. The van der Waals surface area contributed by atoms with Gasteiger partial charge in [-0.25, -0.2) is 4.79 Å². The molecule has 10 nitrogen and oxygen atoms in total. The van der Waals surface area contributed by atoms with Gasteiger partial charge in [-0.05, 0) is 64.2 Å². The van der Waals surface area contributed by atoms with Crippen LogP contribution in [0.4, 0.5) is 4.79 Å². The summed E-state index contributed by atoms with van der Waals surface area (Å²) in [6.07, 6.45) is 38.9. The topological polar surface area (TPSA) is 135 Å². The van der Waals surface area contributed by atoms with E-state index < -0.39 is 18.2 Å². The molecule has 1 unspecified atom stereocenters. The molecule has 0 aromatic carbocycles. The van der Waals surface area contributed by atoms with Crippen LogP contribution in [0.25, 0.3) is 0 Å². The largest absolute Gasteiger partial charge is 0.462 e. The van der Waals surface area contributed by atoms with Crippen molar-refractivity contribution in [3.8, 4) is 0 Å². The van der Waals surface area contributed by atoms with Crippen molar-refractivity contribution in [3.05, 3.63) is 24.3 Å². The summed E-state index contributed by atoms with van der Waals surface area (Å²) in [6, 6.07) is 0. The number of aliphatic hydroxyl groups is 2. The number of aliphatic hydroxyl groups excluding tert-OH is 2. The van der Waals surface area contributed by atoms with Crippen molar-refractivity contribution in [2.24, 2.45) is 0 Å². The molecule has 0 aliphatic heterocycles. The third kappa shape index (κ3) is 39.8. The molecule has 10 heteroatoms. The fourth-order valence-electron chi connectivity index (χ4n) is 6.45. The van der Waals surface area contributed by atoms with Gasteiger partial charge in [0.05, 0.1) is 13.2 Å². The molecular weight excluding hydrogens is 709 g/mol. The number of rotatable bonds is 42. The van der Waals surface area contributed by atoms with Crippen LogP contribution in [0.5, 0.6) is 0 Å². The van der Waals surface area contributed by atoms with Gasteiger partial charge in [-0.2, -0.15) is 0 Å². The Hall–Kier alpha value is -2.43. The van der Waals surface area contributed by atoms with Gasteiger partial charge in [-0.3, -0.25) is 14.5 Å². The van der Waals surface area contributed by atoms with Gasteiger partial charge in [0.25, 0.3) is 0 Å². The third-order valence-corrected chi connectivity index (χ3v) is 9.94. The number of allylic oxidation sites excluding steroid dienone is 4. The first-order chi connectivity index (χ1) is 27.5. The molecule has 0 saturated carbocycles. The number of carbonyl (C=O) groups is 3. The number of esters is 2. The van der Waals surface area contributed by atoms with Crippen LogP contribution in [-0.4, -0.2) is 91.9 Å². The van der Waals surface area contributed by atoms with Crippen LogP contribution in [0.15, 0.2) is 24.3 Å². The number of alkyl carbamates (subject to hydrolysis) is 1. The summed E-state index contributed by atoms with van der Waals surface area (Å²) in [6.45, 7) is 5.44. The van der Waals surface area contributed by atoms with E-state index in [1.807, 2.05) is 4.90 Å². The van der Waals surface area contributed by atoms with E-state index in [0.29, 0.717) is 32.5 Å². The molecule has 328 valence electrons. The molecule has 0 rings (SSSR count). The minimum absolute atomic E-state index is 0.0511. The van der Waals surface area contributed by atoms with Crippen molar-refractivity contribution in [2.45, 2.75) is 200 Å². The lowest BCUT2D eigenvalue weighted by molar-refractivity contribution is -0.161. The van der Waals surface area contributed by atoms with Gasteiger partial charge in [0.2, 0.25) is 0 Å². The molecule has 0 saturated heterocycles. The number of carbonyl (C=O) groups excluding carboxylic acids is 3. The fraction of sp³-hybridized carbons (Fsp3) is 0.848. The van der Waals surface area contributed by atoms with Gasteiger partial charge in [0.1, 0.15) is 13.2 Å². The summed E-state index contributed by atoms with van der Waals surface area (Å²) < 4.78 is 16.4. The van der Waals surface area contributed by atoms with Gasteiger partial charge >= 0.3 is 18.0 Å². The van der Waals surface area contributed by atoms with Crippen molar-refractivity contribution < 1.29 is 38.8 Å². The number of amides is 1. The van der Waals surface area contributed by atoms with Crippen LogP contribution in [0.2, 0.25) is 0 Å². The maximum Gasteiger partial charge on any atom is 0.407 e. The van der Waals surface area contributed by atoms with Crippen LogP contribution in [0, 0.1) is 0 Å². The van der Waals surface area contributed by atoms with E-state index in [0.717, 1.165) is 64.2 Å². The first-order valence-corrected chi connectivity index (χ1v) is 23.0. The molecule has 3 N–H and O–H groups in total. The standard InChI is InChI=1S/C46H86N2O8/c1-3-5-7-9-11-13-15-17-19-21-23-25-27-29-31-33-44(51)54-41-43(42-55-46(53)47-35-36-48(37-39-49)38-40-50)56-45(52)34-32-30-28-26-24-22-20-18-16-14-12-10-8-6-4-2/h17-20,43,49-50H,3-16,21-42H2,1-2H3,(H,47,53)/b19-17-,20-18-. The molecule has 0 aliphatic carbocycles. The van der Waals surface area contributed by atoms with Crippen molar-refractivity contribution >= 4 is 18.0 Å². The lowest BCUT2D eigenvalue weighted by Crippen LogP contribution is -2.39. The summed E-state index contributed by atoms with van der Waals surface area (Å²) in [4.78, 5) is 39.4. The zero-order chi connectivity index (χ0) is 41.0. The minimum atomic E-state index is -0.894. The summed E-state index contributed by atoms with van der Waals surface area (Å²) in [5.74, 6) is -0.744. The van der Waals surface area contributed by atoms with Crippen molar-refractivity contribution in [3.63, 3.8) is 0 Å². The predicted molar refractivity (Wildman–Crippen MR) is 230 cm³/mol.